The minimum atomic E-state index is -0.380. The SMILES string of the molecule is CC(=O)N1CCc2cc(N3CC(C(=O)Nc4cccc(C)c4)CC3=O)ccc21. The maximum absolute atomic E-state index is 12.6. The van der Waals surface area contributed by atoms with Crippen LogP contribution < -0.4 is 15.1 Å². The molecule has 1 unspecified atom stereocenters. The minimum Gasteiger partial charge on any atom is -0.326 e. The summed E-state index contributed by atoms with van der Waals surface area (Å²) in [4.78, 5) is 40.3. The third-order valence-corrected chi connectivity index (χ3v) is 5.43. The highest BCUT2D eigenvalue weighted by Crippen LogP contribution is 2.34. The van der Waals surface area contributed by atoms with Crippen LogP contribution in [0.1, 0.15) is 24.5 Å². The molecule has 1 N–H and O–H groups in total. The summed E-state index contributed by atoms with van der Waals surface area (Å²) in [6.45, 7) is 4.57. The standard InChI is InChI=1S/C22H23N3O3/c1-14-4-3-5-18(10-14)23-22(28)17-12-21(27)25(13-17)19-6-7-20-16(11-19)8-9-24(20)15(2)26/h3-7,10-11,17H,8-9,12-13H2,1-2H3,(H,23,28). The number of carbonyl (C=O) groups excluding carboxylic acids is 3. The topological polar surface area (TPSA) is 69.7 Å². The van der Waals surface area contributed by atoms with E-state index in [1.807, 2.05) is 49.4 Å². The molecular weight excluding hydrogens is 354 g/mol. The zero-order chi connectivity index (χ0) is 19.8. The molecule has 0 aliphatic carbocycles. The van der Waals surface area contributed by atoms with Gasteiger partial charge in [-0.1, -0.05) is 12.1 Å². The third kappa shape index (κ3) is 3.38. The molecule has 0 spiro atoms. The van der Waals surface area contributed by atoms with Gasteiger partial charge in [-0.3, -0.25) is 14.4 Å². The largest absolute Gasteiger partial charge is 0.326 e. The first-order chi connectivity index (χ1) is 13.4. The Labute approximate surface area is 164 Å². The van der Waals surface area contributed by atoms with E-state index >= 15 is 0 Å². The average Bonchev–Trinajstić information content (AvgIpc) is 3.24. The van der Waals surface area contributed by atoms with Crippen LogP contribution >= 0.6 is 0 Å². The molecular formula is C22H23N3O3. The maximum atomic E-state index is 12.6. The van der Waals surface area contributed by atoms with Gasteiger partial charge in [-0.05, 0) is 54.8 Å². The van der Waals surface area contributed by atoms with Crippen molar-refractivity contribution in [3.05, 3.63) is 53.6 Å². The Morgan fingerprint density at radius 2 is 1.96 bits per heavy atom. The van der Waals surface area contributed by atoms with Gasteiger partial charge in [0.1, 0.15) is 0 Å². The summed E-state index contributed by atoms with van der Waals surface area (Å²) in [5.74, 6) is -0.539. The predicted octanol–water partition coefficient (Wildman–Crippen LogP) is 2.90. The van der Waals surface area contributed by atoms with Crippen molar-refractivity contribution in [3.63, 3.8) is 0 Å². The molecule has 2 aliphatic rings. The highest BCUT2D eigenvalue weighted by molar-refractivity contribution is 6.04. The first-order valence-corrected chi connectivity index (χ1v) is 9.51. The molecule has 2 aliphatic heterocycles. The second kappa shape index (κ2) is 7.11. The number of nitrogens with zero attached hydrogens (tertiary/aromatic N) is 2. The molecule has 144 valence electrons. The first kappa shape index (κ1) is 18.2. The van der Waals surface area contributed by atoms with E-state index in [0.29, 0.717) is 13.1 Å². The van der Waals surface area contributed by atoms with Gasteiger partial charge in [-0.25, -0.2) is 0 Å². The smallest absolute Gasteiger partial charge is 0.229 e. The first-order valence-electron chi connectivity index (χ1n) is 9.51. The van der Waals surface area contributed by atoms with E-state index in [-0.39, 0.29) is 30.1 Å². The second-order valence-electron chi connectivity index (χ2n) is 7.50. The molecule has 1 saturated heterocycles. The maximum Gasteiger partial charge on any atom is 0.229 e. The molecule has 0 aromatic heterocycles. The van der Waals surface area contributed by atoms with Crippen molar-refractivity contribution in [2.75, 3.05) is 28.2 Å². The molecule has 1 atom stereocenters. The van der Waals surface area contributed by atoms with Crippen molar-refractivity contribution in [2.24, 2.45) is 5.92 Å². The quantitative estimate of drug-likeness (QED) is 0.894. The molecule has 6 nitrogen and oxygen atoms in total. The summed E-state index contributed by atoms with van der Waals surface area (Å²) in [6.07, 6.45) is 0.983. The lowest BCUT2D eigenvalue weighted by molar-refractivity contribution is -0.122. The Hall–Kier alpha value is -3.15. The number of benzene rings is 2. The Morgan fingerprint density at radius 1 is 1.14 bits per heavy atom. The van der Waals surface area contributed by atoms with Crippen molar-refractivity contribution in [2.45, 2.75) is 26.7 Å². The van der Waals surface area contributed by atoms with Crippen LogP contribution in [0, 0.1) is 12.8 Å². The molecule has 2 aromatic carbocycles. The number of fused-ring (bicyclic) bond motifs is 1. The van der Waals surface area contributed by atoms with Crippen LogP contribution in [0.2, 0.25) is 0 Å². The Balaban J connectivity index is 1.48. The zero-order valence-corrected chi connectivity index (χ0v) is 16.1. The molecule has 1 fully saturated rings. The molecule has 0 bridgehead atoms. The van der Waals surface area contributed by atoms with Gasteiger partial charge in [0.2, 0.25) is 17.7 Å². The highest BCUT2D eigenvalue weighted by atomic mass is 16.2. The van der Waals surface area contributed by atoms with E-state index in [2.05, 4.69) is 5.32 Å². The molecule has 28 heavy (non-hydrogen) atoms. The van der Waals surface area contributed by atoms with E-state index in [9.17, 15) is 14.4 Å². The summed E-state index contributed by atoms with van der Waals surface area (Å²) in [5.41, 5.74) is 4.59. The highest BCUT2D eigenvalue weighted by Gasteiger charge is 2.36. The molecule has 6 heteroatoms. The van der Waals surface area contributed by atoms with E-state index in [1.54, 1.807) is 16.7 Å². The second-order valence-corrected chi connectivity index (χ2v) is 7.50. The van der Waals surface area contributed by atoms with Crippen LogP contribution in [0.5, 0.6) is 0 Å². The van der Waals surface area contributed by atoms with Gasteiger partial charge >= 0.3 is 0 Å². The van der Waals surface area contributed by atoms with Crippen LogP contribution in [0.25, 0.3) is 0 Å². The predicted molar refractivity (Wildman–Crippen MR) is 108 cm³/mol. The van der Waals surface area contributed by atoms with Gasteiger partial charge in [0, 0.05) is 43.5 Å². The molecule has 3 amide bonds. The lowest BCUT2D eigenvalue weighted by atomic mass is 10.1. The number of hydrogen-bond acceptors (Lipinski definition) is 3. The Bertz CT molecular complexity index is 969. The number of anilines is 3. The fraction of sp³-hybridized carbons (Fsp3) is 0.318. The molecule has 2 aromatic rings. The fourth-order valence-electron chi connectivity index (χ4n) is 3.98. The molecule has 2 heterocycles. The van der Waals surface area contributed by atoms with Crippen molar-refractivity contribution in [1.82, 2.24) is 0 Å². The normalized spacial score (nSPS) is 18.4. The summed E-state index contributed by atoms with van der Waals surface area (Å²) >= 11 is 0. The van der Waals surface area contributed by atoms with Gasteiger partial charge < -0.3 is 15.1 Å². The van der Waals surface area contributed by atoms with E-state index in [1.165, 1.54) is 0 Å². The van der Waals surface area contributed by atoms with Crippen LogP contribution in [-0.2, 0) is 20.8 Å². The molecule has 4 rings (SSSR count). The van der Waals surface area contributed by atoms with Crippen molar-refractivity contribution < 1.29 is 14.4 Å². The minimum absolute atomic E-state index is 0.0247. The van der Waals surface area contributed by atoms with Gasteiger partial charge in [0.05, 0.1) is 5.92 Å². The summed E-state index contributed by atoms with van der Waals surface area (Å²) in [6, 6.07) is 13.3. The van der Waals surface area contributed by atoms with Crippen LogP contribution in [0.4, 0.5) is 17.1 Å². The number of aryl methyl sites for hydroxylation is 1. The third-order valence-electron chi connectivity index (χ3n) is 5.43. The number of amides is 3. The summed E-state index contributed by atoms with van der Waals surface area (Å²) in [5, 5.41) is 2.92. The van der Waals surface area contributed by atoms with E-state index in [4.69, 9.17) is 0 Å². The molecule has 0 radical (unpaired) electrons. The van der Waals surface area contributed by atoms with Gasteiger partial charge in [0.15, 0.2) is 0 Å². The number of hydrogen-bond donors (Lipinski definition) is 1. The van der Waals surface area contributed by atoms with Gasteiger partial charge in [-0.2, -0.15) is 0 Å². The summed E-state index contributed by atoms with van der Waals surface area (Å²) in [7, 11) is 0. The number of nitrogens with one attached hydrogen (secondary N) is 1. The van der Waals surface area contributed by atoms with Crippen molar-refractivity contribution in [1.29, 1.82) is 0 Å². The Morgan fingerprint density at radius 3 is 2.71 bits per heavy atom. The van der Waals surface area contributed by atoms with E-state index in [0.717, 1.165) is 34.6 Å². The fourth-order valence-corrected chi connectivity index (χ4v) is 3.98. The van der Waals surface area contributed by atoms with Gasteiger partial charge in [0.25, 0.3) is 0 Å². The van der Waals surface area contributed by atoms with Crippen LogP contribution in [0.15, 0.2) is 42.5 Å². The van der Waals surface area contributed by atoms with Gasteiger partial charge in [-0.15, -0.1) is 0 Å². The number of rotatable bonds is 3. The van der Waals surface area contributed by atoms with E-state index < -0.39 is 0 Å². The summed E-state index contributed by atoms with van der Waals surface area (Å²) < 4.78 is 0. The van der Waals surface area contributed by atoms with Crippen molar-refractivity contribution in [3.8, 4) is 0 Å². The lowest BCUT2D eigenvalue weighted by Crippen LogP contribution is -2.28. The molecule has 0 saturated carbocycles. The monoisotopic (exact) mass is 377 g/mol. The van der Waals surface area contributed by atoms with Crippen LogP contribution in [-0.4, -0.2) is 30.8 Å². The Kier molecular flexibility index (Phi) is 4.63. The lowest BCUT2D eigenvalue weighted by Gasteiger charge is -2.19. The zero-order valence-electron chi connectivity index (χ0n) is 16.1. The number of carbonyl (C=O) groups is 3. The van der Waals surface area contributed by atoms with Crippen LogP contribution in [0.3, 0.4) is 0 Å². The average molecular weight is 377 g/mol. The van der Waals surface area contributed by atoms with Crippen molar-refractivity contribution >= 4 is 34.8 Å².